The number of rotatable bonds is 5. The van der Waals surface area contributed by atoms with Gasteiger partial charge in [0.2, 0.25) is 0 Å². The van der Waals surface area contributed by atoms with Crippen LogP contribution < -0.4 is 14.8 Å². The van der Waals surface area contributed by atoms with Crippen LogP contribution in [0.5, 0.6) is 11.5 Å². The first kappa shape index (κ1) is 16.4. The predicted molar refractivity (Wildman–Crippen MR) is 106 cm³/mol. The summed E-state index contributed by atoms with van der Waals surface area (Å²) in [5.74, 6) is 2.20. The van der Waals surface area contributed by atoms with Crippen molar-refractivity contribution in [2.75, 3.05) is 19.5 Å². The molecule has 5 nitrogen and oxygen atoms in total. The first-order chi connectivity index (χ1) is 12.8. The molecule has 0 spiro atoms. The van der Waals surface area contributed by atoms with Crippen molar-refractivity contribution >= 4 is 33.1 Å². The summed E-state index contributed by atoms with van der Waals surface area (Å²) in [4.78, 5) is 9.83. The van der Waals surface area contributed by atoms with Crippen LogP contribution in [0.15, 0.2) is 60.2 Å². The largest absolute Gasteiger partial charge is 0.497 e. The Hall–Kier alpha value is -3.12. The van der Waals surface area contributed by atoms with Gasteiger partial charge in [-0.15, -0.1) is 11.3 Å². The van der Waals surface area contributed by atoms with E-state index in [4.69, 9.17) is 9.47 Å². The van der Waals surface area contributed by atoms with Crippen molar-refractivity contribution in [1.29, 1.82) is 0 Å². The minimum Gasteiger partial charge on any atom is -0.497 e. The Morgan fingerprint density at radius 3 is 2.58 bits per heavy atom. The zero-order valence-electron chi connectivity index (χ0n) is 14.4. The molecule has 2 heterocycles. The standard InChI is InChI=1S/C20H17N3O2S/c1-24-14-8-9-17(25-2)16(10-14)23-19-18-15(13-6-4-3-5-7-13)11-26-20(18)22-12-21-19/h3-12H,1-2H3,(H,21,22,23). The molecule has 0 atom stereocenters. The summed E-state index contributed by atoms with van der Waals surface area (Å²) in [6, 6.07) is 15.9. The summed E-state index contributed by atoms with van der Waals surface area (Å²) in [6.07, 6.45) is 1.57. The molecule has 2 aromatic carbocycles. The fourth-order valence-electron chi connectivity index (χ4n) is 2.84. The third-order valence-corrected chi connectivity index (χ3v) is 5.00. The Labute approximate surface area is 155 Å². The van der Waals surface area contributed by atoms with Crippen LogP contribution >= 0.6 is 11.3 Å². The number of thiophene rings is 1. The van der Waals surface area contributed by atoms with Crippen LogP contribution in [0.1, 0.15) is 0 Å². The summed E-state index contributed by atoms with van der Waals surface area (Å²) in [7, 11) is 3.28. The lowest BCUT2D eigenvalue weighted by atomic mass is 10.1. The van der Waals surface area contributed by atoms with Gasteiger partial charge >= 0.3 is 0 Å². The fourth-order valence-corrected chi connectivity index (χ4v) is 3.76. The first-order valence-electron chi connectivity index (χ1n) is 8.07. The summed E-state index contributed by atoms with van der Waals surface area (Å²) >= 11 is 1.60. The molecular formula is C20H17N3O2S. The number of methoxy groups -OCH3 is 2. The molecule has 0 aliphatic carbocycles. The number of hydrogen-bond acceptors (Lipinski definition) is 6. The Balaban J connectivity index is 1.84. The first-order valence-corrected chi connectivity index (χ1v) is 8.95. The third kappa shape index (κ3) is 2.95. The van der Waals surface area contributed by atoms with Crippen molar-refractivity contribution in [2.24, 2.45) is 0 Å². The van der Waals surface area contributed by atoms with E-state index < -0.39 is 0 Å². The van der Waals surface area contributed by atoms with E-state index >= 15 is 0 Å². The Kier molecular flexibility index (Phi) is 4.41. The van der Waals surface area contributed by atoms with Crippen LogP contribution in [0.25, 0.3) is 21.3 Å². The highest BCUT2D eigenvalue weighted by Gasteiger charge is 2.15. The van der Waals surface area contributed by atoms with Crippen LogP contribution in [0.3, 0.4) is 0 Å². The minimum atomic E-state index is 0.717. The molecule has 0 bridgehead atoms. The van der Waals surface area contributed by atoms with Gasteiger partial charge in [-0.25, -0.2) is 9.97 Å². The maximum absolute atomic E-state index is 5.47. The van der Waals surface area contributed by atoms with Crippen molar-refractivity contribution in [3.63, 3.8) is 0 Å². The van der Waals surface area contributed by atoms with Crippen molar-refractivity contribution in [2.45, 2.75) is 0 Å². The Bertz CT molecular complexity index is 1050. The molecule has 0 unspecified atom stereocenters. The Morgan fingerprint density at radius 1 is 0.962 bits per heavy atom. The van der Waals surface area contributed by atoms with Crippen LogP contribution in [0.2, 0.25) is 0 Å². The monoisotopic (exact) mass is 363 g/mol. The molecule has 6 heteroatoms. The molecule has 0 aliphatic heterocycles. The number of fused-ring (bicyclic) bond motifs is 1. The average Bonchev–Trinajstić information content (AvgIpc) is 3.14. The molecule has 1 N–H and O–H groups in total. The molecule has 0 radical (unpaired) electrons. The van der Waals surface area contributed by atoms with Crippen LogP contribution in [0.4, 0.5) is 11.5 Å². The number of hydrogen-bond donors (Lipinski definition) is 1. The summed E-state index contributed by atoms with van der Waals surface area (Å²) in [6.45, 7) is 0. The minimum absolute atomic E-state index is 0.717. The Morgan fingerprint density at radius 2 is 1.81 bits per heavy atom. The van der Waals surface area contributed by atoms with Gasteiger partial charge in [0.15, 0.2) is 0 Å². The van der Waals surface area contributed by atoms with E-state index in [1.54, 1.807) is 31.9 Å². The molecule has 4 rings (SSSR count). The molecule has 2 aromatic heterocycles. The van der Waals surface area contributed by atoms with Gasteiger partial charge in [0, 0.05) is 17.0 Å². The number of aromatic nitrogens is 2. The van der Waals surface area contributed by atoms with E-state index in [0.717, 1.165) is 38.6 Å². The van der Waals surface area contributed by atoms with Crippen LogP contribution in [0, 0.1) is 0 Å². The second kappa shape index (κ2) is 7.01. The number of benzene rings is 2. The van der Waals surface area contributed by atoms with E-state index in [9.17, 15) is 0 Å². The summed E-state index contributed by atoms with van der Waals surface area (Å²) in [5, 5.41) is 6.50. The van der Waals surface area contributed by atoms with E-state index in [1.807, 2.05) is 36.4 Å². The number of nitrogens with one attached hydrogen (secondary N) is 1. The topological polar surface area (TPSA) is 56.3 Å². The third-order valence-electron chi connectivity index (χ3n) is 4.11. The maximum atomic E-state index is 5.47. The van der Waals surface area contributed by atoms with Gasteiger partial charge in [-0.1, -0.05) is 30.3 Å². The highest BCUT2D eigenvalue weighted by atomic mass is 32.1. The maximum Gasteiger partial charge on any atom is 0.143 e. The number of ether oxygens (including phenoxy) is 2. The van der Waals surface area contributed by atoms with Gasteiger partial charge < -0.3 is 14.8 Å². The van der Waals surface area contributed by atoms with Crippen molar-refractivity contribution in [3.8, 4) is 22.6 Å². The van der Waals surface area contributed by atoms with Gasteiger partial charge in [-0.05, 0) is 17.7 Å². The number of nitrogens with zero attached hydrogens (tertiary/aromatic N) is 2. The highest BCUT2D eigenvalue weighted by molar-refractivity contribution is 7.17. The van der Waals surface area contributed by atoms with E-state index in [1.165, 1.54) is 0 Å². The van der Waals surface area contributed by atoms with Gasteiger partial charge in [-0.2, -0.15) is 0 Å². The SMILES string of the molecule is COc1ccc(OC)c(Nc2ncnc3scc(-c4ccccc4)c23)c1. The van der Waals surface area contributed by atoms with Crippen molar-refractivity contribution < 1.29 is 9.47 Å². The lowest BCUT2D eigenvalue weighted by Crippen LogP contribution is -1.99. The molecule has 26 heavy (non-hydrogen) atoms. The fraction of sp³-hybridized carbons (Fsp3) is 0.100. The zero-order chi connectivity index (χ0) is 17.9. The average molecular weight is 363 g/mol. The van der Waals surface area contributed by atoms with E-state index in [-0.39, 0.29) is 0 Å². The van der Waals surface area contributed by atoms with Crippen molar-refractivity contribution in [3.05, 3.63) is 60.2 Å². The molecule has 0 aliphatic rings. The molecule has 0 amide bonds. The van der Waals surface area contributed by atoms with E-state index in [0.29, 0.717) is 5.75 Å². The van der Waals surface area contributed by atoms with Crippen LogP contribution in [-0.4, -0.2) is 24.2 Å². The second-order valence-electron chi connectivity index (χ2n) is 5.61. The summed E-state index contributed by atoms with van der Waals surface area (Å²) in [5.41, 5.74) is 3.03. The lowest BCUT2D eigenvalue weighted by molar-refractivity contribution is 0.405. The zero-order valence-corrected chi connectivity index (χ0v) is 15.2. The second-order valence-corrected chi connectivity index (χ2v) is 6.47. The normalized spacial score (nSPS) is 10.7. The van der Waals surface area contributed by atoms with Gasteiger partial charge in [0.05, 0.1) is 25.3 Å². The van der Waals surface area contributed by atoms with E-state index in [2.05, 4.69) is 32.8 Å². The molecule has 0 saturated heterocycles. The molecule has 130 valence electrons. The van der Waals surface area contributed by atoms with Gasteiger partial charge in [0.1, 0.15) is 28.5 Å². The highest BCUT2D eigenvalue weighted by Crippen LogP contribution is 2.39. The number of anilines is 2. The van der Waals surface area contributed by atoms with Gasteiger partial charge in [0.25, 0.3) is 0 Å². The molecule has 0 saturated carbocycles. The van der Waals surface area contributed by atoms with Gasteiger partial charge in [-0.3, -0.25) is 0 Å². The predicted octanol–water partition coefficient (Wildman–Crippen LogP) is 5.12. The summed E-state index contributed by atoms with van der Waals surface area (Å²) < 4.78 is 10.8. The quantitative estimate of drug-likeness (QED) is 0.533. The molecule has 4 aromatic rings. The smallest absolute Gasteiger partial charge is 0.143 e. The van der Waals surface area contributed by atoms with Crippen molar-refractivity contribution in [1.82, 2.24) is 9.97 Å². The molecule has 0 fully saturated rings. The molecular weight excluding hydrogens is 346 g/mol. The lowest BCUT2D eigenvalue weighted by Gasteiger charge is -2.13. The van der Waals surface area contributed by atoms with Crippen LogP contribution in [-0.2, 0) is 0 Å².